The second kappa shape index (κ2) is 5.63. The molecular formula is C12H13ClN2O2S. The van der Waals surface area contributed by atoms with E-state index < -0.39 is 0 Å². The SMILES string of the molecule is O=C1CCC(NC(=O)c2cc(S)ccc2Cl)CN1. The molecule has 1 fully saturated rings. The van der Waals surface area contributed by atoms with Crippen molar-refractivity contribution in [2.75, 3.05) is 6.54 Å². The third-order valence-corrected chi connectivity index (χ3v) is 3.40. The van der Waals surface area contributed by atoms with E-state index in [1.54, 1.807) is 18.2 Å². The average molecular weight is 285 g/mol. The summed E-state index contributed by atoms with van der Waals surface area (Å²) in [4.78, 5) is 23.7. The summed E-state index contributed by atoms with van der Waals surface area (Å²) < 4.78 is 0. The van der Waals surface area contributed by atoms with E-state index in [1.807, 2.05) is 0 Å². The van der Waals surface area contributed by atoms with Crippen LogP contribution in [0.1, 0.15) is 23.2 Å². The number of nitrogens with one attached hydrogen (secondary N) is 2. The summed E-state index contributed by atoms with van der Waals surface area (Å²) in [7, 11) is 0. The molecule has 6 heteroatoms. The van der Waals surface area contributed by atoms with Crippen LogP contribution in [0.5, 0.6) is 0 Å². The number of halogens is 1. The number of amides is 2. The highest BCUT2D eigenvalue weighted by molar-refractivity contribution is 7.80. The molecule has 0 spiro atoms. The second-order valence-corrected chi connectivity index (χ2v) is 5.10. The Kier molecular flexibility index (Phi) is 4.14. The summed E-state index contributed by atoms with van der Waals surface area (Å²) in [6.45, 7) is 0.461. The first-order valence-electron chi connectivity index (χ1n) is 5.62. The Hall–Kier alpha value is -1.20. The van der Waals surface area contributed by atoms with Gasteiger partial charge < -0.3 is 10.6 Å². The minimum Gasteiger partial charge on any atom is -0.354 e. The van der Waals surface area contributed by atoms with E-state index in [0.29, 0.717) is 34.9 Å². The van der Waals surface area contributed by atoms with Crippen LogP contribution in [0.15, 0.2) is 23.1 Å². The lowest BCUT2D eigenvalue weighted by atomic mass is 10.1. The molecule has 2 N–H and O–H groups in total. The molecule has 0 bridgehead atoms. The lowest BCUT2D eigenvalue weighted by molar-refractivity contribution is -0.122. The van der Waals surface area contributed by atoms with Crippen molar-refractivity contribution in [2.45, 2.75) is 23.8 Å². The first-order valence-corrected chi connectivity index (χ1v) is 6.45. The van der Waals surface area contributed by atoms with Gasteiger partial charge >= 0.3 is 0 Å². The van der Waals surface area contributed by atoms with Gasteiger partial charge in [0.05, 0.1) is 10.6 Å². The summed E-state index contributed by atoms with van der Waals surface area (Å²) in [6.07, 6.45) is 1.08. The van der Waals surface area contributed by atoms with Crippen molar-refractivity contribution in [3.05, 3.63) is 28.8 Å². The average Bonchev–Trinajstić information content (AvgIpc) is 2.35. The zero-order valence-electron chi connectivity index (χ0n) is 9.57. The van der Waals surface area contributed by atoms with Gasteiger partial charge in [-0.05, 0) is 24.6 Å². The Morgan fingerprint density at radius 2 is 2.28 bits per heavy atom. The monoisotopic (exact) mass is 284 g/mol. The number of benzene rings is 1. The molecule has 0 aromatic heterocycles. The van der Waals surface area contributed by atoms with Gasteiger partial charge in [0, 0.05) is 23.9 Å². The van der Waals surface area contributed by atoms with Gasteiger partial charge in [0.2, 0.25) is 5.91 Å². The first kappa shape index (κ1) is 13.2. The van der Waals surface area contributed by atoms with E-state index in [-0.39, 0.29) is 17.9 Å². The molecule has 18 heavy (non-hydrogen) atoms. The fraction of sp³-hybridized carbons (Fsp3) is 0.333. The first-order chi connectivity index (χ1) is 8.56. The largest absolute Gasteiger partial charge is 0.354 e. The van der Waals surface area contributed by atoms with E-state index in [9.17, 15) is 9.59 Å². The smallest absolute Gasteiger partial charge is 0.253 e. The quantitative estimate of drug-likeness (QED) is 0.723. The van der Waals surface area contributed by atoms with Gasteiger partial charge in [0.25, 0.3) is 5.91 Å². The standard InChI is InChI=1S/C12H13ClN2O2S/c13-10-3-2-8(18)5-9(10)12(17)15-7-1-4-11(16)14-6-7/h2-3,5,7,18H,1,4,6H2,(H,14,16)(H,15,17). The number of thiol groups is 1. The number of carbonyl (C=O) groups excluding carboxylic acids is 2. The van der Waals surface area contributed by atoms with Crippen LogP contribution < -0.4 is 10.6 Å². The van der Waals surface area contributed by atoms with E-state index in [2.05, 4.69) is 23.3 Å². The summed E-state index contributed by atoms with van der Waals surface area (Å²) in [5.41, 5.74) is 0.404. The molecule has 1 aliphatic rings. The molecule has 1 saturated heterocycles. The van der Waals surface area contributed by atoms with Gasteiger partial charge in [0.1, 0.15) is 0 Å². The van der Waals surface area contributed by atoms with Crippen molar-refractivity contribution in [2.24, 2.45) is 0 Å². The summed E-state index contributed by atoms with van der Waals surface area (Å²) in [5, 5.41) is 5.96. The molecule has 0 aliphatic carbocycles. The Balaban J connectivity index is 2.03. The minimum absolute atomic E-state index is 0.0240. The van der Waals surface area contributed by atoms with E-state index in [1.165, 1.54) is 0 Å². The molecule has 96 valence electrons. The Morgan fingerprint density at radius 1 is 1.50 bits per heavy atom. The number of rotatable bonds is 2. The predicted molar refractivity (Wildman–Crippen MR) is 72.2 cm³/mol. The molecule has 2 amide bonds. The highest BCUT2D eigenvalue weighted by Gasteiger charge is 2.21. The fourth-order valence-electron chi connectivity index (χ4n) is 1.81. The lowest BCUT2D eigenvalue weighted by Gasteiger charge is -2.23. The highest BCUT2D eigenvalue weighted by Crippen LogP contribution is 2.19. The van der Waals surface area contributed by atoms with Gasteiger partial charge in [0.15, 0.2) is 0 Å². The molecule has 1 atom stereocenters. The topological polar surface area (TPSA) is 58.2 Å². The minimum atomic E-state index is -0.239. The second-order valence-electron chi connectivity index (χ2n) is 4.18. The van der Waals surface area contributed by atoms with Crippen molar-refractivity contribution < 1.29 is 9.59 Å². The highest BCUT2D eigenvalue weighted by atomic mass is 35.5. The maximum atomic E-state index is 12.0. The van der Waals surface area contributed by atoms with Gasteiger partial charge in [-0.15, -0.1) is 12.6 Å². The van der Waals surface area contributed by atoms with Crippen LogP contribution in [0.2, 0.25) is 5.02 Å². The molecule has 1 unspecified atom stereocenters. The summed E-state index contributed by atoms with van der Waals surface area (Å²) >= 11 is 10.1. The fourth-order valence-corrected chi connectivity index (χ4v) is 2.21. The number of piperidine rings is 1. The van der Waals surface area contributed by atoms with Gasteiger partial charge in [-0.1, -0.05) is 11.6 Å². The van der Waals surface area contributed by atoms with E-state index >= 15 is 0 Å². The van der Waals surface area contributed by atoms with Crippen LogP contribution in [0, 0.1) is 0 Å². The molecule has 0 radical (unpaired) electrons. The van der Waals surface area contributed by atoms with Crippen molar-refractivity contribution >= 4 is 36.0 Å². The zero-order chi connectivity index (χ0) is 13.1. The van der Waals surface area contributed by atoms with Crippen LogP contribution in [-0.4, -0.2) is 24.4 Å². The van der Waals surface area contributed by atoms with Gasteiger partial charge in [-0.2, -0.15) is 0 Å². The molecule has 0 saturated carbocycles. The molecule has 1 aliphatic heterocycles. The molecule has 1 aromatic carbocycles. The Bertz CT molecular complexity index is 483. The Morgan fingerprint density at radius 3 is 2.94 bits per heavy atom. The molecule has 4 nitrogen and oxygen atoms in total. The van der Waals surface area contributed by atoms with E-state index in [4.69, 9.17) is 11.6 Å². The van der Waals surface area contributed by atoms with Crippen LogP contribution in [0.25, 0.3) is 0 Å². The van der Waals surface area contributed by atoms with Crippen LogP contribution >= 0.6 is 24.2 Å². The number of hydrogen-bond donors (Lipinski definition) is 3. The summed E-state index contributed by atoms with van der Waals surface area (Å²) in [6, 6.07) is 4.95. The molecule has 1 aromatic rings. The van der Waals surface area contributed by atoms with Crippen LogP contribution in [0.3, 0.4) is 0 Å². The maximum Gasteiger partial charge on any atom is 0.253 e. The predicted octanol–water partition coefficient (Wildman–Crippen LogP) is 1.64. The van der Waals surface area contributed by atoms with Crippen molar-refractivity contribution in [3.63, 3.8) is 0 Å². The molecular weight excluding hydrogens is 272 g/mol. The Labute approximate surface area is 115 Å². The van der Waals surface area contributed by atoms with Gasteiger partial charge in [-0.25, -0.2) is 0 Å². The van der Waals surface area contributed by atoms with Crippen molar-refractivity contribution in [3.8, 4) is 0 Å². The zero-order valence-corrected chi connectivity index (χ0v) is 11.2. The third kappa shape index (κ3) is 3.17. The maximum absolute atomic E-state index is 12.0. The molecule has 2 rings (SSSR count). The normalized spacial score (nSPS) is 19.2. The summed E-state index contributed by atoms with van der Waals surface area (Å²) in [5.74, 6) is -0.215. The lowest BCUT2D eigenvalue weighted by Crippen LogP contribution is -2.47. The third-order valence-electron chi connectivity index (χ3n) is 2.80. The number of hydrogen-bond acceptors (Lipinski definition) is 3. The van der Waals surface area contributed by atoms with Crippen molar-refractivity contribution in [1.29, 1.82) is 0 Å². The number of carbonyl (C=O) groups is 2. The van der Waals surface area contributed by atoms with E-state index in [0.717, 1.165) is 0 Å². The van der Waals surface area contributed by atoms with Crippen LogP contribution in [0.4, 0.5) is 0 Å². The van der Waals surface area contributed by atoms with Crippen LogP contribution in [-0.2, 0) is 4.79 Å². The van der Waals surface area contributed by atoms with Gasteiger partial charge in [-0.3, -0.25) is 9.59 Å². The molecule has 1 heterocycles. The van der Waals surface area contributed by atoms with Crippen molar-refractivity contribution in [1.82, 2.24) is 10.6 Å².